The van der Waals surface area contributed by atoms with Crippen LogP contribution in [0.25, 0.3) is 0 Å². The van der Waals surface area contributed by atoms with Crippen LogP contribution in [0, 0.1) is 5.92 Å². The van der Waals surface area contributed by atoms with Gasteiger partial charge in [0.05, 0.1) is 0 Å². The van der Waals surface area contributed by atoms with E-state index < -0.39 is 0 Å². The molecule has 1 atom stereocenters. The smallest absolute Gasteiger partial charge is 0.135 e. The molecule has 0 spiro atoms. The summed E-state index contributed by atoms with van der Waals surface area (Å²) in [4.78, 5) is 8.74. The van der Waals surface area contributed by atoms with Gasteiger partial charge in [-0.2, -0.15) is 0 Å². The third-order valence-corrected chi connectivity index (χ3v) is 3.50. The molecule has 1 aromatic rings. The van der Waals surface area contributed by atoms with Crippen molar-refractivity contribution >= 4 is 11.6 Å². The third-order valence-electron chi connectivity index (χ3n) is 3.50. The molecular weight excluding hydrogens is 248 g/mol. The third kappa shape index (κ3) is 4.99. The van der Waals surface area contributed by atoms with Crippen LogP contribution in [-0.2, 0) is 0 Å². The zero-order chi connectivity index (χ0) is 15.1. The summed E-state index contributed by atoms with van der Waals surface area (Å²) in [5, 5.41) is 6.71. The van der Waals surface area contributed by atoms with Crippen LogP contribution in [0.1, 0.15) is 65.4 Å². The van der Waals surface area contributed by atoms with Gasteiger partial charge < -0.3 is 10.6 Å². The van der Waals surface area contributed by atoms with Crippen molar-refractivity contribution in [2.75, 3.05) is 17.7 Å². The lowest BCUT2D eigenvalue weighted by Gasteiger charge is -2.20. The first kappa shape index (κ1) is 16.7. The van der Waals surface area contributed by atoms with E-state index >= 15 is 0 Å². The van der Waals surface area contributed by atoms with E-state index in [1.54, 1.807) is 6.33 Å². The minimum Gasteiger partial charge on any atom is -0.373 e. The molecule has 0 aliphatic heterocycles. The van der Waals surface area contributed by atoms with Gasteiger partial charge in [0.25, 0.3) is 0 Å². The molecular formula is C16H30N4. The van der Waals surface area contributed by atoms with Gasteiger partial charge in [-0.25, -0.2) is 9.97 Å². The Labute approximate surface area is 123 Å². The van der Waals surface area contributed by atoms with Gasteiger partial charge in [0.2, 0.25) is 0 Å². The van der Waals surface area contributed by atoms with Crippen LogP contribution >= 0.6 is 0 Å². The Hall–Kier alpha value is -1.32. The highest BCUT2D eigenvalue weighted by atomic mass is 15.1. The van der Waals surface area contributed by atoms with Crippen LogP contribution in [0.15, 0.2) is 6.33 Å². The number of anilines is 2. The van der Waals surface area contributed by atoms with E-state index in [0.717, 1.165) is 17.6 Å². The zero-order valence-corrected chi connectivity index (χ0v) is 13.8. The Morgan fingerprint density at radius 1 is 1.00 bits per heavy atom. The lowest BCUT2D eigenvalue weighted by molar-refractivity contribution is 0.519. The molecule has 0 aliphatic carbocycles. The minimum atomic E-state index is 0.393. The van der Waals surface area contributed by atoms with Crippen molar-refractivity contribution in [2.24, 2.45) is 5.92 Å². The second kappa shape index (κ2) is 8.08. The fourth-order valence-electron chi connectivity index (χ4n) is 2.39. The first-order valence-corrected chi connectivity index (χ1v) is 7.74. The molecule has 0 amide bonds. The lowest BCUT2D eigenvalue weighted by Crippen LogP contribution is -2.18. The van der Waals surface area contributed by atoms with E-state index in [2.05, 4.69) is 55.2 Å². The molecule has 1 unspecified atom stereocenters. The summed E-state index contributed by atoms with van der Waals surface area (Å²) in [5.74, 6) is 3.07. The van der Waals surface area contributed by atoms with Crippen LogP contribution in [0.3, 0.4) is 0 Å². The number of rotatable bonds is 8. The molecule has 2 N–H and O–H groups in total. The normalized spacial score (nSPS) is 12.8. The molecule has 0 aliphatic rings. The summed E-state index contributed by atoms with van der Waals surface area (Å²) in [6.45, 7) is 11.1. The average molecular weight is 278 g/mol. The SMILES string of the molecule is CNc1ncnc(NC(C)CCCC(C)C)c1C(C)C. The van der Waals surface area contributed by atoms with E-state index in [9.17, 15) is 0 Å². The predicted octanol–water partition coefficient (Wildman–Crippen LogP) is 4.27. The van der Waals surface area contributed by atoms with E-state index in [-0.39, 0.29) is 0 Å². The summed E-state index contributed by atoms with van der Waals surface area (Å²) in [5.41, 5.74) is 1.17. The lowest BCUT2D eigenvalue weighted by atomic mass is 10.0. The summed E-state index contributed by atoms with van der Waals surface area (Å²) in [6, 6.07) is 0.436. The highest BCUT2D eigenvalue weighted by Gasteiger charge is 2.15. The molecule has 4 heteroatoms. The molecule has 1 aromatic heterocycles. The second-order valence-electron chi connectivity index (χ2n) is 6.26. The van der Waals surface area contributed by atoms with Gasteiger partial charge in [-0.05, 0) is 25.2 Å². The van der Waals surface area contributed by atoms with Crippen molar-refractivity contribution < 1.29 is 0 Å². The van der Waals surface area contributed by atoms with Crippen LogP contribution < -0.4 is 10.6 Å². The number of nitrogens with one attached hydrogen (secondary N) is 2. The van der Waals surface area contributed by atoms with Gasteiger partial charge in [0.15, 0.2) is 0 Å². The van der Waals surface area contributed by atoms with Crippen LogP contribution in [-0.4, -0.2) is 23.1 Å². The maximum absolute atomic E-state index is 4.43. The fraction of sp³-hybridized carbons (Fsp3) is 0.750. The first-order chi connectivity index (χ1) is 9.45. The molecule has 20 heavy (non-hydrogen) atoms. The molecule has 0 aromatic carbocycles. The van der Waals surface area contributed by atoms with Gasteiger partial charge in [-0.3, -0.25) is 0 Å². The van der Waals surface area contributed by atoms with Crippen LogP contribution in [0.2, 0.25) is 0 Å². The average Bonchev–Trinajstić information content (AvgIpc) is 2.37. The predicted molar refractivity (Wildman–Crippen MR) is 87.4 cm³/mol. The maximum atomic E-state index is 4.43. The first-order valence-electron chi connectivity index (χ1n) is 7.74. The van der Waals surface area contributed by atoms with Crippen molar-refractivity contribution in [3.8, 4) is 0 Å². The highest BCUT2D eigenvalue weighted by molar-refractivity contribution is 5.59. The van der Waals surface area contributed by atoms with Crippen molar-refractivity contribution in [1.29, 1.82) is 0 Å². The molecule has 1 rings (SSSR count). The van der Waals surface area contributed by atoms with E-state index in [0.29, 0.717) is 12.0 Å². The molecule has 0 fully saturated rings. The van der Waals surface area contributed by atoms with Crippen molar-refractivity contribution in [3.63, 3.8) is 0 Å². The standard InChI is InChI=1S/C16H30N4/c1-11(2)8-7-9-13(5)20-16-14(12(3)4)15(17-6)18-10-19-16/h10-13H,7-9H2,1-6H3,(H2,17,18,19,20). The van der Waals surface area contributed by atoms with E-state index in [1.165, 1.54) is 24.8 Å². The Kier molecular flexibility index (Phi) is 6.76. The summed E-state index contributed by atoms with van der Waals surface area (Å²) < 4.78 is 0. The molecule has 114 valence electrons. The molecule has 1 heterocycles. The van der Waals surface area contributed by atoms with Crippen LogP contribution in [0.4, 0.5) is 11.6 Å². The molecule has 0 saturated carbocycles. The summed E-state index contributed by atoms with van der Waals surface area (Å²) >= 11 is 0. The van der Waals surface area contributed by atoms with Gasteiger partial charge in [-0.15, -0.1) is 0 Å². The Morgan fingerprint density at radius 2 is 1.65 bits per heavy atom. The van der Waals surface area contributed by atoms with E-state index in [1.807, 2.05) is 7.05 Å². The quantitative estimate of drug-likeness (QED) is 0.745. The summed E-state index contributed by atoms with van der Waals surface area (Å²) in [7, 11) is 1.91. The number of aromatic nitrogens is 2. The van der Waals surface area contributed by atoms with Gasteiger partial charge >= 0.3 is 0 Å². The monoisotopic (exact) mass is 278 g/mol. The molecule has 0 bridgehead atoms. The maximum Gasteiger partial charge on any atom is 0.135 e. The molecule has 4 nitrogen and oxygen atoms in total. The van der Waals surface area contributed by atoms with Crippen molar-refractivity contribution in [2.45, 2.75) is 65.8 Å². The Bertz CT molecular complexity index is 401. The van der Waals surface area contributed by atoms with Crippen molar-refractivity contribution in [1.82, 2.24) is 9.97 Å². The topological polar surface area (TPSA) is 49.8 Å². The van der Waals surface area contributed by atoms with Crippen LogP contribution in [0.5, 0.6) is 0 Å². The zero-order valence-electron chi connectivity index (χ0n) is 13.8. The number of nitrogens with zero attached hydrogens (tertiary/aromatic N) is 2. The number of hydrogen-bond acceptors (Lipinski definition) is 4. The molecule has 0 radical (unpaired) electrons. The second-order valence-corrected chi connectivity index (χ2v) is 6.26. The fourth-order valence-corrected chi connectivity index (χ4v) is 2.39. The molecule has 0 saturated heterocycles. The Morgan fingerprint density at radius 3 is 2.20 bits per heavy atom. The van der Waals surface area contributed by atoms with Gasteiger partial charge in [0.1, 0.15) is 18.0 Å². The summed E-state index contributed by atoms with van der Waals surface area (Å²) in [6.07, 6.45) is 5.34. The Balaban J connectivity index is 2.71. The highest BCUT2D eigenvalue weighted by Crippen LogP contribution is 2.28. The largest absolute Gasteiger partial charge is 0.373 e. The minimum absolute atomic E-state index is 0.393. The van der Waals surface area contributed by atoms with Gasteiger partial charge in [-0.1, -0.05) is 40.5 Å². The van der Waals surface area contributed by atoms with Gasteiger partial charge in [0, 0.05) is 18.7 Å². The van der Waals surface area contributed by atoms with E-state index in [4.69, 9.17) is 0 Å². The van der Waals surface area contributed by atoms with Crippen molar-refractivity contribution in [3.05, 3.63) is 11.9 Å². The number of hydrogen-bond donors (Lipinski definition) is 2.